The van der Waals surface area contributed by atoms with Crippen molar-refractivity contribution in [2.45, 2.75) is 59.0 Å². The van der Waals surface area contributed by atoms with Crippen LogP contribution in [-0.4, -0.2) is 20.8 Å². The van der Waals surface area contributed by atoms with E-state index in [0.29, 0.717) is 6.04 Å². The highest BCUT2D eigenvalue weighted by molar-refractivity contribution is 5.03. The van der Waals surface area contributed by atoms with E-state index in [1.54, 1.807) is 0 Å². The normalized spacial score (nSPS) is 14.1. The molecule has 0 saturated carbocycles. The molecule has 0 aliphatic heterocycles. The van der Waals surface area contributed by atoms with Crippen molar-refractivity contribution in [3.63, 3.8) is 0 Å². The fraction of sp³-hybridized carbons (Fsp3) is 0.833. The molecule has 0 aromatic carbocycles. The Labute approximate surface area is 98.5 Å². The smallest absolute Gasteiger partial charge is 0.156 e. The Balaban J connectivity index is 2.71. The molecule has 4 nitrogen and oxygen atoms in total. The highest BCUT2D eigenvalue weighted by Crippen LogP contribution is 2.18. The van der Waals surface area contributed by atoms with E-state index in [9.17, 15) is 0 Å². The van der Waals surface area contributed by atoms with Crippen molar-refractivity contribution in [3.8, 4) is 0 Å². The Morgan fingerprint density at radius 2 is 2.00 bits per heavy atom. The molecule has 1 N–H and O–H groups in total. The molecule has 0 bridgehead atoms. The molecule has 0 fully saturated rings. The second-order valence-corrected chi connectivity index (χ2v) is 5.42. The first kappa shape index (κ1) is 13.2. The van der Waals surface area contributed by atoms with Crippen LogP contribution in [0.4, 0.5) is 0 Å². The Hall–Kier alpha value is -0.900. The number of aryl methyl sites for hydroxylation is 1. The number of nitrogens with one attached hydrogen (secondary N) is 1. The summed E-state index contributed by atoms with van der Waals surface area (Å²) in [4.78, 5) is 4.58. The van der Waals surface area contributed by atoms with Crippen LogP contribution in [0.1, 0.15) is 52.7 Å². The van der Waals surface area contributed by atoms with Crippen molar-refractivity contribution >= 4 is 0 Å². The van der Waals surface area contributed by atoms with Gasteiger partial charge in [0.25, 0.3) is 0 Å². The first-order valence-corrected chi connectivity index (χ1v) is 5.98. The molecule has 16 heavy (non-hydrogen) atoms. The van der Waals surface area contributed by atoms with Crippen molar-refractivity contribution in [2.75, 3.05) is 0 Å². The zero-order chi connectivity index (χ0) is 12.3. The SMILES string of the molecule is CCC(C)NCc1nc(C(C)(C)C)nn1C. The molecular formula is C12H24N4. The first-order valence-electron chi connectivity index (χ1n) is 5.98. The van der Waals surface area contributed by atoms with Crippen molar-refractivity contribution < 1.29 is 0 Å². The third-order valence-electron chi connectivity index (χ3n) is 2.75. The summed E-state index contributed by atoms with van der Waals surface area (Å²) in [7, 11) is 1.95. The van der Waals surface area contributed by atoms with Crippen molar-refractivity contribution in [2.24, 2.45) is 7.05 Å². The molecule has 0 aliphatic rings. The highest BCUT2D eigenvalue weighted by atomic mass is 15.3. The maximum absolute atomic E-state index is 4.58. The minimum atomic E-state index is 0.0202. The predicted octanol–water partition coefficient (Wildman–Crippen LogP) is 2.00. The minimum Gasteiger partial charge on any atom is -0.307 e. The van der Waals surface area contributed by atoms with Gasteiger partial charge in [-0.15, -0.1) is 0 Å². The van der Waals surface area contributed by atoms with E-state index in [1.807, 2.05) is 11.7 Å². The van der Waals surface area contributed by atoms with E-state index in [0.717, 1.165) is 24.6 Å². The lowest BCUT2D eigenvalue weighted by Gasteiger charge is -2.12. The van der Waals surface area contributed by atoms with Gasteiger partial charge in [0.1, 0.15) is 5.82 Å². The Morgan fingerprint density at radius 3 is 2.44 bits per heavy atom. The van der Waals surface area contributed by atoms with Gasteiger partial charge in [0.2, 0.25) is 0 Å². The van der Waals surface area contributed by atoms with Crippen molar-refractivity contribution in [1.29, 1.82) is 0 Å². The van der Waals surface area contributed by atoms with Gasteiger partial charge in [-0.25, -0.2) is 4.98 Å². The van der Waals surface area contributed by atoms with Crippen LogP contribution < -0.4 is 5.32 Å². The van der Waals surface area contributed by atoms with Gasteiger partial charge in [0.15, 0.2) is 5.82 Å². The molecule has 92 valence electrons. The van der Waals surface area contributed by atoms with E-state index >= 15 is 0 Å². The molecule has 0 radical (unpaired) electrons. The summed E-state index contributed by atoms with van der Waals surface area (Å²) >= 11 is 0. The van der Waals surface area contributed by atoms with Crippen LogP contribution in [-0.2, 0) is 19.0 Å². The van der Waals surface area contributed by atoms with Gasteiger partial charge in [-0.05, 0) is 13.3 Å². The zero-order valence-corrected chi connectivity index (χ0v) is 11.3. The van der Waals surface area contributed by atoms with Gasteiger partial charge in [0.05, 0.1) is 6.54 Å². The van der Waals surface area contributed by atoms with E-state index < -0.39 is 0 Å². The number of aromatic nitrogens is 3. The van der Waals surface area contributed by atoms with Crippen LogP contribution in [0.2, 0.25) is 0 Å². The molecule has 1 unspecified atom stereocenters. The molecular weight excluding hydrogens is 200 g/mol. The number of nitrogens with zero attached hydrogens (tertiary/aromatic N) is 3. The summed E-state index contributed by atoms with van der Waals surface area (Å²) in [6.07, 6.45) is 1.13. The fourth-order valence-electron chi connectivity index (χ4n) is 1.30. The molecule has 1 atom stereocenters. The van der Waals surface area contributed by atoms with Gasteiger partial charge < -0.3 is 5.32 Å². The molecule has 0 spiro atoms. The van der Waals surface area contributed by atoms with Crippen molar-refractivity contribution in [1.82, 2.24) is 20.1 Å². The lowest BCUT2D eigenvalue weighted by atomic mass is 9.96. The van der Waals surface area contributed by atoms with E-state index in [4.69, 9.17) is 0 Å². The largest absolute Gasteiger partial charge is 0.307 e. The van der Waals surface area contributed by atoms with Gasteiger partial charge in [-0.1, -0.05) is 27.7 Å². The molecule has 0 amide bonds. The van der Waals surface area contributed by atoms with Gasteiger partial charge in [0, 0.05) is 18.5 Å². The zero-order valence-electron chi connectivity index (χ0n) is 11.3. The second-order valence-electron chi connectivity index (χ2n) is 5.42. The number of hydrogen-bond acceptors (Lipinski definition) is 3. The van der Waals surface area contributed by atoms with Gasteiger partial charge in [-0.3, -0.25) is 4.68 Å². The average Bonchev–Trinajstić information content (AvgIpc) is 2.56. The predicted molar refractivity (Wildman–Crippen MR) is 66.3 cm³/mol. The lowest BCUT2D eigenvalue weighted by Crippen LogP contribution is -2.26. The van der Waals surface area contributed by atoms with Crippen LogP contribution in [0.25, 0.3) is 0 Å². The standard InChI is InChI=1S/C12H24N4/c1-7-9(2)13-8-10-14-11(12(3,4)5)15-16(10)6/h9,13H,7-8H2,1-6H3. The molecule has 1 rings (SSSR count). The fourth-order valence-corrected chi connectivity index (χ4v) is 1.30. The maximum Gasteiger partial charge on any atom is 0.156 e. The highest BCUT2D eigenvalue weighted by Gasteiger charge is 2.20. The molecule has 0 saturated heterocycles. The molecule has 1 aromatic rings. The third-order valence-corrected chi connectivity index (χ3v) is 2.75. The minimum absolute atomic E-state index is 0.0202. The maximum atomic E-state index is 4.58. The topological polar surface area (TPSA) is 42.7 Å². The first-order chi connectivity index (χ1) is 7.34. The summed E-state index contributed by atoms with van der Waals surface area (Å²) in [5, 5.41) is 7.88. The Morgan fingerprint density at radius 1 is 1.38 bits per heavy atom. The molecule has 4 heteroatoms. The Bertz CT molecular complexity index is 335. The summed E-state index contributed by atoms with van der Waals surface area (Å²) in [6, 6.07) is 0.523. The quantitative estimate of drug-likeness (QED) is 0.850. The number of rotatable bonds is 4. The summed E-state index contributed by atoms with van der Waals surface area (Å²) in [5.74, 6) is 1.92. The summed E-state index contributed by atoms with van der Waals surface area (Å²) < 4.78 is 1.87. The molecule has 0 aliphatic carbocycles. The van der Waals surface area contributed by atoms with Crippen LogP contribution in [0.15, 0.2) is 0 Å². The summed E-state index contributed by atoms with van der Waals surface area (Å²) in [6.45, 7) is 11.5. The van der Waals surface area contributed by atoms with E-state index in [2.05, 4.69) is 50.0 Å². The van der Waals surface area contributed by atoms with Crippen LogP contribution in [0.5, 0.6) is 0 Å². The molecule has 1 aromatic heterocycles. The monoisotopic (exact) mass is 224 g/mol. The van der Waals surface area contributed by atoms with Crippen LogP contribution >= 0.6 is 0 Å². The van der Waals surface area contributed by atoms with E-state index in [-0.39, 0.29) is 5.41 Å². The van der Waals surface area contributed by atoms with Gasteiger partial charge >= 0.3 is 0 Å². The van der Waals surface area contributed by atoms with Crippen LogP contribution in [0, 0.1) is 0 Å². The summed E-state index contributed by atoms with van der Waals surface area (Å²) in [5.41, 5.74) is 0.0202. The second kappa shape index (κ2) is 4.95. The van der Waals surface area contributed by atoms with Crippen molar-refractivity contribution in [3.05, 3.63) is 11.6 Å². The van der Waals surface area contributed by atoms with Crippen LogP contribution in [0.3, 0.4) is 0 Å². The lowest BCUT2D eigenvalue weighted by molar-refractivity contribution is 0.510. The van der Waals surface area contributed by atoms with Gasteiger partial charge in [-0.2, -0.15) is 5.10 Å². The third kappa shape index (κ3) is 3.30. The molecule has 1 heterocycles. The Kier molecular flexibility index (Phi) is 4.08. The average molecular weight is 224 g/mol. The van der Waals surface area contributed by atoms with E-state index in [1.165, 1.54) is 0 Å². The number of hydrogen-bond donors (Lipinski definition) is 1.